The highest BCUT2D eigenvalue weighted by Crippen LogP contribution is 2.11. The summed E-state index contributed by atoms with van der Waals surface area (Å²) >= 11 is 5.85. The van der Waals surface area contributed by atoms with Gasteiger partial charge in [-0.3, -0.25) is 9.59 Å². The van der Waals surface area contributed by atoms with Crippen molar-refractivity contribution < 1.29 is 14.3 Å². The molecule has 0 radical (unpaired) electrons. The minimum Gasteiger partial charge on any atom is -0.492 e. The van der Waals surface area contributed by atoms with Crippen molar-refractivity contribution in [3.63, 3.8) is 0 Å². The molecule has 0 aliphatic heterocycles. The molecule has 2 aromatic carbocycles. The molecule has 0 aliphatic rings. The monoisotopic (exact) mass is 388 g/mol. The molecule has 2 rings (SSSR count). The van der Waals surface area contributed by atoms with E-state index >= 15 is 0 Å². The van der Waals surface area contributed by atoms with Crippen LogP contribution >= 0.6 is 11.6 Å². The second-order valence-electron chi connectivity index (χ2n) is 6.62. The first-order valence-electron chi connectivity index (χ1n) is 8.97. The Morgan fingerprint density at radius 2 is 1.70 bits per heavy atom. The molecule has 0 aliphatic carbocycles. The maximum atomic E-state index is 12.5. The van der Waals surface area contributed by atoms with Crippen LogP contribution in [0.25, 0.3) is 0 Å². The third-order valence-electron chi connectivity index (χ3n) is 3.85. The van der Waals surface area contributed by atoms with E-state index in [1.54, 1.807) is 24.3 Å². The van der Waals surface area contributed by atoms with E-state index in [-0.39, 0.29) is 17.7 Å². The van der Waals surface area contributed by atoms with Crippen LogP contribution in [0, 0.1) is 5.92 Å². The normalized spacial score (nSPS) is 11.7. The van der Waals surface area contributed by atoms with Gasteiger partial charge in [0.25, 0.3) is 5.91 Å². The summed E-state index contributed by atoms with van der Waals surface area (Å²) in [4.78, 5) is 24.9. The van der Waals surface area contributed by atoms with Crippen molar-refractivity contribution in [2.24, 2.45) is 5.92 Å². The summed E-state index contributed by atoms with van der Waals surface area (Å²) in [5.41, 5.74) is 0.466. The highest BCUT2D eigenvalue weighted by molar-refractivity contribution is 6.30. The van der Waals surface area contributed by atoms with Crippen LogP contribution in [-0.4, -0.2) is 31.0 Å². The highest BCUT2D eigenvalue weighted by Gasteiger charge is 2.22. The lowest BCUT2D eigenvalue weighted by Gasteiger charge is -2.20. The molecule has 5 nitrogen and oxygen atoms in total. The van der Waals surface area contributed by atoms with Crippen molar-refractivity contribution in [2.45, 2.75) is 26.3 Å². The summed E-state index contributed by atoms with van der Waals surface area (Å²) < 4.78 is 5.56. The Morgan fingerprint density at radius 3 is 2.33 bits per heavy atom. The zero-order valence-corrected chi connectivity index (χ0v) is 16.3. The molecule has 0 bridgehead atoms. The first-order valence-corrected chi connectivity index (χ1v) is 9.35. The van der Waals surface area contributed by atoms with E-state index in [4.69, 9.17) is 16.3 Å². The quantitative estimate of drug-likeness (QED) is 0.644. The van der Waals surface area contributed by atoms with Crippen LogP contribution in [0.1, 0.15) is 30.6 Å². The molecule has 2 N–H and O–H groups in total. The van der Waals surface area contributed by atoms with Gasteiger partial charge in [-0.2, -0.15) is 0 Å². The van der Waals surface area contributed by atoms with Crippen molar-refractivity contribution in [3.05, 3.63) is 65.2 Å². The van der Waals surface area contributed by atoms with E-state index in [1.807, 2.05) is 44.2 Å². The topological polar surface area (TPSA) is 67.4 Å². The Bertz CT molecular complexity index is 733. The molecule has 0 heterocycles. The minimum atomic E-state index is -0.607. The van der Waals surface area contributed by atoms with Gasteiger partial charge in [0, 0.05) is 10.6 Å². The molecule has 2 aromatic rings. The number of carbonyl (C=O) groups is 2. The number of ether oxygens (including phenoxy) is 1. The molecular weight excluding hydrogens is 364 g/mol. The second-order valence-corrected chi connectivity index (χ2v) is 7.05. The fourth-order valence-corrected chi connectivity index (χ4v) is 2.65. The van der Waals surface area contributed by atoms with E-state index in [2.05, 4.69) is 10.6 Å². The average molecular weight is 389 g/mol. The maximum absolute atomic E-state index is 12.5. The largest absolute Gasteiger partial charge is 0.492 e. The number of rotatable bonds is 9. The fraction of sp³-hybridized carbons (Fsp3) is 0.333. The minimum absolute atomic E-state index is 0.220. The van der Waals surface area contributed by atoms with E-state index in [1.165, 1.54) is 0 Å². The predicted octanol–water partition coefficient (Wildman–Crippen LogP) is 3.68. The van der Waals surface area contributed by atoms with Crippen LogP contribution in [0.2, 0.25) is 5.02 Å². The Kier molecular flexibility index (Phi) is 8.14. The summed E-state index contributed by atoms with van der Waals surface area (Å²) in [6.07, 6.45) is 0.546. The van der Waals surface area contributed by atoms with Crippen molar-refractivity contribution in [1.29, 1.82) is 0 Å². The summed E-state index contributed by atoms with van der Waals surface area (Å²) in [5.74, 6) is 0.490. The summed E-state index contributed by atoms with van der Waals surface area (Å²) in [6.45, 7) is 4.73. The molecule has 0 saturated carbocycles. The van der Waals surface area contributed by atoms with Gasteiger partial charge in [0.2, 0.25) is 5.91 Å². The van der Waals surface area contributed by atoms with Crippen molar-refractivity contribution in [1.82, 2.24) is 10.6 Å². The number of halogens is 1. The molecule has 6 heteroatoms. The summed E-state index contributed by atoms with van der Waals surface area (Å²) in [7, 11) is 0. The number of hydrogen-bond donors (Lipinski definition) is 2. The molecule has 1 atom stereocenters. The van der Waals surface area contributed by atoms with Gasteiger partial charge in [-0.25, -0.2) is 0 Å². The summed E-state index contributed by atoms with van der Waals surface area (Å²) in [5, 5.41) is 6.19. The van der Waals surface area contributed by atoms with Crippen molar-refractivity contribution in [2.75, 3.05) is 13.2 Å². The third-order valence-corrected chi connectivity index (χ3v) is 4.10. The van der Waals surface area contributed by atoms with Crippen LogP contribution in [0.3, 0.4) is 0 Å². The SMILES string of the molecule is CC(C)CC(NC(=O)c1ccc(Cl)cc1)C(=O)NCCOc1ccccc1. The third kappa shape index (κ3) is 7.31. The van der Waals surface area contributed by atoms with Gasteiger partial charge in [0.15, 0.2) is 0 Å². The Labute approximate surface area is 165 Å². The molecule has 2 amide bonds. The zero-order valence-electron chi connectivity index (χ0n) is 15.6. The number of hydrogen-bond acceptors (Lipinski definition) is 3. The van der Waals surface area contributed by atoms with Gasteiger partial charge < -0.3 is 15.4 Å². The van der Waals surface area contributed by atoms with Crippen LogP contribution in [-0.2, 0) is 4.79 Å². The molecular formula is C21H25ClN2O3. The van der Waals surface area contributed by atoms with Gasteiger partial charge in [-0.1, -0.05) is 43.6 Å². The molecule has 0 aromatic heterocycles. The number of benzene rings is 2. The lowest BCUT2D eigenvalue weighted by Crippen LogP contribution is -2.48. The maximum Gasteiger partial charge on any atom is 0.251 e. The van der Waals surface area contributed by atoms with E-state index < -0.39 is 6.04 Å². The number of carbonyl (C=O) groups excluding carboxylic acids is 2. The second kappa shape index (κ2) is 10.6. The highest BCUT2D eigenvalue weighted by atomic mass is 35.5. The Balaban J connectivity index is 1.86. The molecule has 27 heavy (non-hydrogen) atoms. The predicted molar refractivity (Wildman–Crippen MR) is 107 cm³/mol. The fourth-order valence-electron chi connectivity index (χ4n) is 2.53. The van der Waals surface area contributed by atoms with Crippen molar-refractivity contribution >= 4 is 23.4 Å². The molecule has 0 fully saturated rings. The Morgan fingerprint density at radius 1 is 1.04 bits per heavy atom. The van der Waals surface area contributed by atoms with Gasteiger partial charge in [-0.05, 0) is 48.7 Å². The lowest BCUT2D eigenvalue weighted by atomic mass is 10.0. The van der Waals surface area contributed by atoms with Crippen LogP contribution in [0.4, 0.5) is 0 Å². The van der Waals surface area contributed by atoms with Gasteiger partial charge in [0.05, 0.1) is 6.54 Å². The first-order chi connectivity index (χ1) is 13.0. The van der Waals surface area contributed by atoms with Crippen LogP contribution < -0.4 is 15.4 Å². The number of para-hydroxylation sites is 1. The van der Waals surface area contributed by atoms with E-state index in [9.17, 15) is 9.59 Å². The van der Waals surface area contributed by atoms with E-state index in [0.717, 1.165) is 5.75 Å². The standard InChI is InChI=1S/C21H25ClN2O3/c1-15(2)14-19(24-20(25)16-8-10-17(22)11-9-16)21(26)23-12-13-27-18-6-4-3-5-7-18/h3-11,15,19H,12-14H2,1-2H3,(H,23,26)(H,24,25). The molecule has 0 spiro atoms. The summed E-state index contributed by atoms with van der Waals surface area (Å²) in [6, 6.07) is 15.4. The van der Waals surface area contributed by atoms with Crippen molar-refractivity contribution in [3.8, 4) is 5.75 Å². The van der Waals surface area contributed by atoms with E-state index in [0.29, 0.717) is 30.2 Å². The van der Waals surface area contributed by atoms with Gasteiger partial charge >= 0.3 is 0 Å². The smallest absolute Gasteiger partial charge is 0.251 e. The Hall–Kier alpha value is -2.53. The molecule has 1 unspecified atom stereocenters. The average Bonchev–Trinajstić information content (AvgIpc) is 2.65. The van der Waals surface area contributed by atoms with Gasteiger partial charge in [0.1, 0.15) is 18.4 Å². The number of amides is 2. The molecule has 0 saturated heterocycles. The molecule has 144 valence electrons. The van der Waals surface area contributed by atoms with Crippen LogP contribution in [0.5, 0.6) is 5.75 Å². The first kappa shape index (κ1) is 20.8. The lowest BCUT2D eigenvalue weighted by molar-refractivity contribution is -0.123. The zero-order chi connectivity index (χ0) is 19.6. The van der Waals surface area contributed by atoms with Gasteiger partial charge in [-0.15, -0.1) is 0 Å². The number of nitrogens with one attached hydrogen (secondary N) is 2. The van der Waals surface area contributed by atoms with Crippen LogP contribution in [0.15, 0.2) is 54.6 Å².